The Morgan fingerprint density at radius 2 is 1.36 bits per heavy atom. The third kappa shape index (κ3) is 1.01. The minimum absolute atomic E-state index is 1.12. The second-order valence-corrected chi connectivity index (χ2v) is 4.99. The molecule has 0 unspecified atom stereocenters. The first-order valence-corrected chi connectivity index (χ1v) is 5.92. The summed E-state index contributed by atoms with van der Waals surface area (Å²) >= 11 is 3.13. The second-order valence-electron chi connectivity index (χ2n) is 3.38. The van der Waals surface area contributed by atoms with E-state index in [9.17, 15) is 0 Å². The van der Waals surface area contributed by atoms with Gasteiger partial charge >= 0.3 is 0 Å². The van der Waals surface area contributed by atoms with E-state index in [0.29, 0.717) is 0 Å². The van der Waals surface area contributed by atoms with Gasteiger partial charge in [-0.05, 0) is 49.0 Å². The molecule has 0 bridgehead atoms. The predicted molar refractivity (Wildman–Crippen MR) is 62.3 cm³/mol. The van der Waals surface area contributed by atoms with E-state index in [1.54, 1.807) is 23.1 Å². The maximum absolute atomic E-state index is 4.35. The molecule has 2 heterocycles. The summed E-state index contributed by atoms with van der Waals surface area (Å²) in [6.07, 6.45) is 0. The first kappa shape index (κ1) is 8.32. The number of nitrogens with zero attached hydrogens (tertiary/aromatic N) is 2. The van der Waals surface area contributed by atoms with Gasteiger partial charge in [0.1, 0.15) is 0 Å². The van der Waals surface area contributed by atoms with Crippen LogP contribution in [0.4, 0.5) is 0 Å². The molecule has 0 radical (unpaired) electrons. The van der Waals surface area contributed by atoms with Gasteiger partial charge in [-0.3, -0.25) is 0 Å². The molecule has 1 aromatic carbocycles. The third-order valence-electron chi connectivity index (χ3n) is 2.42. The molecule has 0 saturated carbocycles. The normalized spacial score (nSPS) is 11.6. The van der Waals surface area contributed by atoms with Gasteiger partial charge in [-0.15, -0.1) is 0 Å². The summed E-state index contributed by atoms with van der Waals surface area (Å²) in [7, 11) is 0. The van der Waals surface area contributed by atoms with Crippen molar-refractivity contribution in [2.24, 2.45) is 0 Å². The average Bonchev–Trinajstić information content (AvgIpc) is 2.71. The Morgan fingerprint density at radius 3 is 1.86 bits per heavy atom. The largest absolute Gasteiger partial charge is 0.197 e. The summed E-state index contributed by atoms with van der Waals surface area (Å²) in [5.74, 6) is 0. The predicted octanol–water partition coefficient (Wildman–Crippen LogP) is 3.52. The molecule has 4 heteroatoms. The molecule has 0 saturated heterocycles. The first-order chi connectivity index (χ1) is 6.75. The van der Waals surface area contributed by atoms with Gasteiger partial charge < -0.3 is 0 Å². The van der Waals surface area contributed by atoms with Gasteiger partial charge in [-0.1, -0.05) is 0 Å². The van der Waals surface area contributed by atoms with Crippen molar-refractivity contribution < 1.29 is 0 Å². The summed E-state index contributed by atoms with van der Waals surface area (Å²) in [4.78, 5) is 0. The van der Waals surface area contributed by atoms with Crippen molar-refractivity contribution in [2.75, 3.05) is 0 Å². The van der Waals surface area contributed by atoms with Crippen LogP contribution in [0, 0.1) is 13.8 Å². The number of fused-ring (bicyclic) bond motifs is 2. The van der Waals surface area contributed by atoms with E-state index in [4.69, 9.17) is 0 Å². The van der Waals surface area contributed by atoms with Crippen molar-refractivity contribution in [2.45, 2.75) is 13.8 Å². The minimum atomic E-state index is 1.12. The van der Waals surface area contributed by atoms with Gasteiger partial charge in [-0.25, -0.2) is 0 Å². The molecular weight excluding hydrogens is 212 g/mol. The quantitative estimate of drug-likeness (QED) is 0.579. The number of hydrogen-bond acceptors (Lipinski definition) is 4. The number of hydrogen-bond donors (Lipinski definition) is 0. The van der Waals surface area contributed by atoms with Crippen LogP contribution in [0.15, 0.2) is 12.1 Å². The van der Waals surface area contributed by atoms with Crippen LogP contribution in [0.2, 0.25) is 0 Å². The molecule has 3 rings (SSSR count). The second kappa shape index (κ2) is 2.74. The fourth-order valence-electron chi connectivity index (χ4n) is 1.61. The zero-order valence-corrected chi connectivity index (χ0v) is 9.50. The summed E-state index contributed by atoms with van der Waals surface area (Å²) in [6.45, 7) is 4.11. The van der Waals surface area contributed by atoms with E-state index >= 15 is 0 Å². The van der Waals surface area contributed by atoms with E-state index in [-0.39, 0.29) is 0 Å². The number of aryl methyl sites for hydroxylation is 2. The fourth-order valence-corrected chi connectivity index (χ4v) is 3.30. The van der Waals surface area contributed by atoms with Crippen LogP contribution in [0.25, 0.3) is 20.2 Å². The summed E-state index contributed by atoms with van der Waals surface area (Å²) in [5.41, 5.74) is 2.25. The highest BCUT2D eigenvalue weighted by Crippen LogP contribution is 2.31. The zero-order valence-electron chi connectivity index (χ0n) is 7.87. The van der Waals surface area contributed by atoms with Gasteiger partial charge in [0.2, 0.25) is 0 Å². The van der Waals surface area contributed by atoms with Crippen LogP contribution in [-0.2, 0) is 0 Å². The molecule has 2 aromatic heterocycles. The summed E-state index contributed by atoms with van der Waals surface area (Å²) < 4.78 is 11.2. The van der Waals surface area contributed by atoms with E-state index in [1.165, 1.54) is 20.2 Å². The molecule has 0 aliphatic heterocycles. The average molecular weight is 220 g/mol. The molecule has 14 heavy (non-hydrogen) atoms. The molecule has 70 valence electrons. The van der Waals surface area contributed by atoms with Crippen molar-refractivity contribution in [3.63, 3.8) is 0 Å². The van der Waals surface area contributed by atoms with Crippen LogP contribution < -0.4 is 0 Å². The highest BCUT2D eigenvalue weighted by atomic mass is 32.1. The van der Waals surface area contributed by atoms with Crippen molar-refractivity contribution in [1.82, 2.24) is 8.75 Å². The lowest BCUT2D eigenvalue weighted by atomic mass is 10.1. The molecule has 0 amide bonds. The molecular formula is C10H8N2S2. The van der Waals surface area contributed by atoms with Crippen molar-refractivity contribution in [1.29, 1.82) is 0 Å². The van der Waals surface area contributed by atoms with E-state index < -0.39 is 0 Å². The van der Waals surface area contributed by atoms with E-state index in [0.717, 1.165) is 11.4 Å². The smallest absolute Gasteiger partial charge is 0.0590 e. The topological polar surface area (TPSA) is 25.8 Å². The molecule has 0 N–H and O–H groups in total. The molecule has 0 atom stereocenters. The molecule has 0 aliphatic rings. The van der Waals surface area contributed by atoms with Gasteiger partial charge in [0.05, 0.1) is 20.8 Å². The van der Waals surface area contributed by atoms with Gasteiger partial charge in [-0.2, -0.15) is 8.75 Å². The van der Waals surface area contributed by atoms with Crippen molar-refractivity contribution in [3.05, 3.63) is 23.5 Å². The highest BCUT2D eigenvalue weighted by Gasteiger charge is 2.07. The SMILES string of the molecule is Cc1nsc2cc3snc(C)c3cc12. The van der Waals surface area contributed by atoms with Crippen molar-refractivity contribution >= 4 is 43.2 Å². The van der Waals surface area contributed by atoms with Gasteiger partial charge in [0, 0.05) is 10.8 Å². The Bertz CT molecular complexity index is 570. The zero-order chi connectivity index (χ0) is 9.71. The number of benzene rings is 1. The molecule has 2 nitrogen and oxygen atoms in total. The lowest BCUT2D eigenvalue weighted by Crippen LogP contribution is -1.72. The minimum Gasteiger partial charge on any atom is -0.197 e. The maximum Gasteiger partial charge on any atom is 0.0590 e. The van der Waals surface area contributed by atoms with Gasteiger partial charge in [0.15, 0.2) is 0 Å². The third-order valence-corrected chi connectivity index (χ3v) is 4.22. The lowest BCUT2D eigenvalue weighted by Gasteiger charge is -1.91. The van der Waals surface area contributed by atoms with Crippen LogP contribution in [-0.4, -0.2) is 8.75 Å². The molecule has 0 spiro atoms. The van der Waals surface area contributed by atoms with E-state index in [2.05, 4.69) is 34.7 Å². The van der Waals surface area contributed by atoms with Crippen LogP contribution in [0.1, 0.15) is 11.4 Å². The summed E-state index contributed by atoms with van der Waals surface area (Å²) in [6, 6.07) is 4.41. The molecule has 0 fully saturated rings. The Hall–Kier alpha value is -1.00. The first-order valence-electron chi connectivity index (χ1n) is 4.38. The van der Waals surface area contributed by atoms with Crippen LogP contribution in [0.3, 0.4) is 0 Å². The van der Waals surface area contributed by atoms with Crippen LogP contribution >= 0.6 is 23.1 Å². The summed E-state index contributed by atoms with van der Waals surface area (Å²) in [5, 5.41) is 2.54. The lowest BCUT2D eigenvalue weighted by molar-refractivity contribution is 1.37. The van der Waals surface area contributed by atoms with E-state index in [1.807, 2.05) is 0 Å². The Balaban J connectivity index is 2.57. The highest BCUT2D eigenvalue weighted by molar-refractivity contribution is 7.15. The molecule has 3 aromatic rings. The standard InChI is InChI=1S/C10H8N2S2/c1-5-7-3-8-6(2)12-14-10(8)4-9(7)13-11-5/h3-4H,1-2H3. The fraction of sp³-hybridized carbons (Fsp3) is 0.200. The molecule has 0 aliphatic carbocycles. The maximum atomic E-state index is 4.35. The van der Waals surface area contributed by atoms with Crippen molar-refractivity contribution in [3.8, 4) is 0 Å². The monoisotopic (exact) mass is 220 g/mol. The Morgan fingerprint density at radius 1 is 0.857 bits per heavy atom. The number of rotatable bonds is 0. The Kier molecular flexibility index (Phi) is 1.63. The van der Waals surface area contributed by atoms with Gasteiger partial charge in [0.25, 0.3) is 0 Å². The number of aromatic nitrogens is 2. The Labute approximate surface area is 89.5 Å². The van der Waals surface area contributed by atoms with Crippen LogP contribution in [0.5, 0.6) is 0 Å².